The Morgan fingerprint density at radius 1 is 1.24 bits per heavy atom. The molecule has 116 valence electrons. The Hall–Kier alpha value is -1.93. The summed E-state index contributed by atoms with van der Waals surface area (Å²) in [7, 11) is -3.60. The number of hydrogen-bond acceptors (Lipinski definition) is 5. The fourth-order valence-electron chi connectivity index (χ4n) is 1.54. The van der Waals surface area contributed by atoms with Crippen molar-refractivity contribution >= 4 is 22.0 Å². The fraction of sp³-hybridized carbons (Fsp3) is 0.385. The lowest BCUT2D eigenvalue weighted by atomic mass is 10.1. The molecule has 0 fully saturated rings. The molecule has 0 spiro atoms. The van der Waals surface area contributed by atoms with E-state index in [4.69, 9.17) is 9.84 Å². The molecule has 0 radical (unpaired) electrons. The summed E-state index contributed by atoms with van der Waals surface area (Å²) in [5.74, 6) is -1.82. The number of sulfonamides is 1. The van der Waals surface area contributed by atoms with Crippen LogP contribution in [0.25, 0.3) is 0 Å². The van der Waals surface area contributed by atoms with Crippen molar-refractivity contribution in [2.45, 2.75) is 19.1 Å². The molecule has 0 aliphatic carbocycles. The van der Waals surface area contributed by atoms with Crippen molar-refractivity contribution in [1.82, 2.24) is 4.72 Å². The molecule has 8 heteroatoms. The highest BCUT2D eigenvalue weighted by molar-refractivity contribution is 7.88. The molecule has 0 saturated heterocycles. The third-order valence-electron chi connectivity index (χ3n) is 2.48. The largest absolute Gasteiger partial charge is 0.481 e. The summed E-state index contributed by atoms with van der Waals surface area (Å²) < 4.78 is 30.4. The van der Waals surface area contributed by atoms with E-state index in [1.165, 1.54) is 24.3 Å². The number of carboxylic acid groups (broad SMARTS) is 1. The summed E-state index contributed by atoms with van der Waals surface area (Å²) in [5, 5.41) is 8.45. The Morgan fingerprint density at radius 3 is 2.38 bits per heavy atom. The van der Waals surface area contributed by atoms with Gasteiger partial charge in [-0.1, -0.05) is 12.1 Å². The highest BCUT2D eigenvalue weighted by atomic mass is 32.2. The van der Waals surface area contributed by atoms with Gasteiger partial charge in [0.15, 0.2) is 0 Å². The lowest BCUT2D eigenvalue weighted by Gasteiger charge is -2.06. The molecule has 0 saturated carbocycles. The van der Waals surface area contributed by atoms with Crippen molar-refractivity contribution in [2.24, 2.45) is 0 Å². The predicted molar refractivity (Wildman–Crippen MR) is 75.3 cm³/mol. The minimum Gasteiger partial charge on any atom is -0.481 e. The summed E-state index contributed by atoms with van der Waals surface area (Å²) in [5.41, 5.74) is 0.836. The van der Waals surface area contributed by atoms with E-state index in [2.05, 4.69) is 4.72 Å². The Kier molecular flexibility index (Phi) is 6.32. The van der Waals surface area contributed by atoms with E-state index in [1.54, 1.807) is 6.92 Å². The molecule has 2 N–H and O–H groups in total. The summed E-state index contributed by atoms with van der Waals surface area (Å²) in [6.45, 7) is 1.81. The molecule has 1 aromatic carbocycles. The maximum atomic E-state index is 11.7. The van der Waals surface area contributed by atoms with Crippen LogP contribution >= 0.6 is 0 Å². The van der Waals surface area contributed by atoms with Gasteiger partial charge in [0, 0.05) is 6.54 Å². The predicted octanol–water partition coefficient (Wildman–Crippen LogP) is 0.757. The molecule has 1 aromatic rings. The van der Waals surface area contributed by atoms with Crippen LogP contribution in [-0.4, -0.2) is 38.6 Å². The third kappa shape index (κ3) is 6.37. The van der Waals surface area contributed by atoms with Crippen LogP contribution in [0, 0.1) is 0 Å². The zero-order chi connectivity index (χ0) is 15.9. The molecule has 0 heterocycles. The molecule has 1 rings (SSSR count). The second kappa shape index (κ2) is 7.75. The van der Waals surface area contributed by atoms with Gasteiger partial charge < -0.3 is 9.84 Å². The van der Waals surface area contributed by atoms with Crippen LogP contribution in [0.1, 0.15) is 29.3 Å². The van der Waals surface area contributed by atoms with Crippen LogP contribution in [0.3, 0.4) is 0 Å². The number of rotatable bonds is 8. The molecule has 0 aromatic heterocycles. The van der Waals surface area contributed by atoms with Crippen LogP contribution in [0.4, 0.5) is 0 Å². The highest BCUT2D eigenvalue weighted by Crippen LogP contribution is 2.09. The minimum atomic E-state index is -3.60. The lowest BCUT2D eigenvalue weighted by molar-refractivity contribution is -0.136. The molecule has 0 aliphatic heterocycles. The molecular weight excluding hydrogens is 298 g/mol. The van der Waals surface area contributed by atoms with Crippen molar-refractivity contribution in [2.75, 3.05) is 13.2 Å². The number of esters is 1. The Bertz CT molecular complexity index is 594. The second-order valence-electron chi connectivity index (χ2n) is 4.21. The van der Waals surface area contributed by atoms with Gasteiger partial charge in [-0.2, -0.15) is 0 Å². The molecule has 21 heavy (non-hydrogen) atoms. The number of carboxylic acids is 1. The quantitative estimate of drug-likeness (QED) is 0.685. The van der Waals surface area contributed by atoms with E-state index < -0.39 is 22.0 Å². The van der Waals surface area contributed by atoms with Gasteiger partial charge in [0.05, 0.1) is 24.3 Å². The van der Waals surface area contributed by atoms with Crippen LogP contribution in [0.2, 0.25) is 0 Å². The van der Waals surface area contributed by atoms with Crippen LogP contribution < -0.4 is 4.72 Å². The summed E-state index contributed by atoms with van der Waals surface area (Å²) in [4.78, 5) is 21.8. The van der Waals surface area contributed by atoms with Crippen LogP contribution in [-0.2, 0) is 25.3 Å². The number of carbonyl (C=O) groups excluding carboxylic acids is 1. The Balaban J connectivity index is 2.62. The van der Waals surface area contributed by atoms with Gasteiger partial charge in [-0.3, -0.25) is 4.79 Å². The van der Waals surface area contributed by atoms with Gasteiger partial charge >= 0.3 is 11.9 Å². The summed E-state index contributed by atoms with van der Waals surface area (Å²) in [6.07, 6.45) is -0.277. The van der Waals surface area contributed by atoms with E-state index in [9.17, 15) is 18.0 Å². The molecule has 0 atom stereocenters. The number of ether oxygens (including phenoxy) is 1. The summed E-state index contributed by atoms with van der Waals surface area (Å²) in [6, 6.07) is 6.01. The molecule has 0 amide bonds. The Morgan fingerprint density at radius 2 is 1.86 bits per heavy atom. The first kappa shape index (κ1) is 17.1. The van der Waals surface area contributed by atoms with Crippen molar-refractivity contribution in [3.05, 3.63) is 35.4 Å². The molecule has 0 aliphatic rings. The average molecular weight is 315 g/mol. The van der Waals surface area contributed by atoms with Crippen molar-refractivity contribution in [3.8, 4) is 0 Å². The van der Waals surface area contributed by atoms with Gasteiger partial charge in [-0.05, 0) is 24.6 Å². The Labute approximate surface area is 123 Å². The number of benzene rings is 1. The number of nitrogens with one attached hydrogen (secondary N) is 1. The van der Waals surface area contributed by atoms with Crippen LogP contribution in [0.15, 0.2) is 24.3 Å². The fourth-order valence-corrected chi connectivity index (χ4v) is 2.68. The topological polar surface area (TPSA) is 110 Å². The van der Waals surface area contributed by atoms with E-state index in [1.807, 2.05) is 0 Å². The van der Waals surface area contributed by atoms with E-state index in [-0.39, 0.29) is 25.3 Å². The number of carbonyl (C=O) groups is 2. The molecule has 7 nitrogen and oxygen atoms in total. The zero-order valence-corrected chi connectivity index (χ0v) is 12.4. The minimum absolute atomic E-state index is 0.154. The number of aliphatic carboxylic acids is 1. The van der Waals surface area contributed by atoms with Crippen molar-refractivity contribution < 1.29 is 27.9 Å². The van der Waals surface area contributed by atoms with Gasteiger partial charge in [-0.15, -0.1) is 0 Å². The average Bonchev–Trinajstić information content (AvgIpc) is 2.38. The van der Waals surface area contributed by atoms with Gasteiger partial charge in [0.1, 0.15) is 0 Å². The molecular formula is C13H17NO6S. The highest BCUT2D eigenvalue weighted by Gasteiger charge is 2.13. The maximum Gasteiger partial charge on any atom is 0.338 e. The van der Waals surface area contributed by atoms with Gasteiger partial charge in [-0.25, -0.2) is 17.9 Å². The maximum absolute atomic E-state index is 11.7. The van der Waals surface area contributed by atoms with E-state index in [0.717, 1.165) is 0 Å². The van der Waals surface area contributed by atoms with Gasteiger partial charge in [0.2, 0.25) is 10.0 Å². The van der Waals surface area contributed by atoms with Crippen molar-refractivity contribution in [3.63, 3.8) is 0 Å². The SMILES string of the molecule is CCOC(=O)c1ccc(CS(=O)(=O)NCCC(=O)O)cc1. The summed E-state index contributed by atoms with van der Waals surface area (Å²) >= 11 is 0. The first-order chi connectivity index (χ1) is 9.84. The molecule has 0 bridgehead atoms. The van der Waals surface area contributed by atoms with E-state index >= 15 is 0 Å². The first-order valence-corrected chi connectivity index (χ1v) is 7.94. The monoisotopic (exact) mass is 315 g/mol. The zero-order valence-electron chi connectivity index (χ0n) is 11.5. The van der Waals surface area contributed by atoms with E-state index in [0.29, 0.717) is 11.1 Å². The standard InChI is InChI=1S/C13H17NO6S/c1-2-20-13(17)11-5-3-10(4-6-11)9-21(18,19)14-8-7-12(15)16/h3-6,14H,2,7-9H2,1H3,(H,15,16). The first-order valence-electron chi connectivity index (χ1n) is 6.29. The normalized spacial score (nSPS) is 11.1. The van der Waals surface area contributed by atoms with Gasteiger partial charge in [0.25, 0.3) is 0 Å². The number of hydrogen-bond donors (Lipinski definition) is 2. The molecule has 0 unspecified atom stereocenters. The third-order valence-corrected chi connectivity index (χ3v) is 3.84. The van der Waals surface area contributed by atoms with Crippen molar-refractivity contribution in [1.29, 1.82) is 0 Å². The smallest absolute Gasteiger partial charge is 0.338 e. The lowest BCUT2D eigenvalue weighted by Crippen LogP contribution is -2.27. The second-order valence-corrected chi connectivity index (χ2v) is 6.02. The van der Waals surface area contributed by atoms with Crippen LogP contribution in [0.5, 0.6) is 0 Å².